The number of allylic oxidation sites excluding steroid dienone is 2. The number of esters is 1. The van der Waals surface area contributed by atoms with Crippen LogP contribution in [0.1, 0.15) is 56.6 Å². The number of halogens is 2. The molecule has 1 unspecified atom stereocenters. The molecule has 194 valence electrons. The molecule has 0 aliphatic rings. The van der Waals surface area contributed by atoms with Crippen molar-refractivity contribution in [3.05, 3.63) is 89.3 Å². The maximum absolute atomic E-state index is 13.7. The number of carbonyl (C=O) groups is 2. The molecule has 1 atom stereocenters. The lowest BCUT2D eigenvalue weighted by Crippen LogP contribution is -2.16. The molecule has 0 bridgehead atoms. The van der Waals surface area contributed by atoms with Gasteiger partial charge in [0.05, 0.1) is 18.8 Å². The highest BCUT2D eigenvalue weighted by atomic mass is 19.1. The van der Waals surface area contributed by atoms with E-state index in [1.807, 2.05) is 13.8 Å². The second-order valence-corrected chi connectivity index (χ2v) is 8.48. The summed E-state index contributed by atoms with van der Waals surface area (Å²) in [5, 5.41) is 23.2. The van der Waals surface area contributed by atoms with Crippen LogP contribution in [0, 0.1) is 11.6 Å². The Bertz CT molecular complexity index is 1230. The SMILES string of the molecule is CCOC(=O)CC(=O)CC(O)C=CC(=C(c1ccc(F)cc1)c1ccc(F)cc1)c1nnn(C(C)C)n1. The zero-order valence-corrected chi connectivity index (χ0v) is 20.8. The Morgan fingerprint density at radius 3 is 2.08 bits per heavy atom. The molecule has 10 heteroatoms. The van der Waals surface area contributed by atoms with Crippen LogP contribution in [0.15, 0.2) is 60.7 Å². The summed E-state index contributed by atoms with van der Waals surface area (Å²) in [4.78, 5) is 25.1. The van der Waals surface area contributed by atoms with Crippen molar-refractivity contribution in [3.8, 4) is 0 Å². The van der Waals surface area contributed by atoms with E-state index >= 15 is 0 Å². The quantitative estimate of drug-likeness (QED) is 0.233. The monoisotopic (exact) mass is 510 g/mol. The van der Waals surface area contributed by atoms with Crippen molar-refractivity contribution >= 4 is 22.9 Å². The Labute approximate surface area is 213 Å². The number of carbonyl (C=O) groups excluding carboxylic acids is 2. The van der Waals surface area contributed by atoms with E-state index in [0.717, 1.165) is 0 Å². The molecule has 0 amide bonds. The molecule has 37 heavy (non-hydrogen) atoms. The third-order valence-electron chi connectivity index (χ3n) is 5.23. The van der Waals surface area contributed by atoms with Crippen molar-refractivity contribution in [1.29, 1.82) is 0 Å². The first-order valence-electron chi connectivity index (χ1n) is 11.8. The summed E-state index contributed by atoms with van der Waals surface area (Å²) < 4.78 is 32.2. The molecule has 1 aromatic heterocycles. The summed E-state index contributed by atoms with van der Waals surface area (Å²) in [6.07, 6.45) is 0.937. The minimum absolute atomic E-state index is 0.0855. The fraction of sp³-hybridized carbons (Fsp3) is 0.296. The van der Waals surface area contributed by atoms with Gasteiger partial charge in [-0.15, -0.1) is 10.2 Å². The molecule has 1 heterocycles. The van der Waals surface area contributed by atoms with Crippen LogP contribution >= 0.6 is 0 Å². The van der Waals surface area contributed by atoms with E-state index in [9.17, 15) is 23.5 Å². The number of aromatic nitrogens is 4. The summed E-state index contributed by atoms with van der Waals surface area (Å²) in [6.45, 7) is 5.55. The van der Waals surface area contributed by atoms with Gasteiger partial charge in [0.15, 0.2) is 0 Å². The molecule has 1 N–H and O–H groups in total. The number of Topliss-reactive ketones (excluding diaryl/α,β-unsaturated/α-hetero) is 1. The Morgan fingerprint density at radius 1 is 1.03 bits per heavy atom. The van der Waals surface area contributed by atoms with Gasteiger partial charge in [0.1, 0.15) is 23.8 Å². The summed E-state index contributed by atoms with van der Waals surface area (Å²) in [5.74, 6) is -1.80. The van der Waals surface area contributed by atoms with E-state index in [-0.39, 0.29) is 24.9 Å². The van der Waals surface area contributed by atoms with Crippen LogP contribution in [0.25, 0.3) is 11.1 Å². The highest BCUT2D eigenvalue weighted by molar-refractivity contribution is 6.01. The largest absolute Gasteiger partial charge is 0.466 e. The summed E-state index contributed by atoms with van der Waals surface area (Å²) >= 11 is 0. The fourth-order valence-corrected chi connectivity index (χ4v) is 3.49. The normalized spacial score (nSPS) is 12.1. The summed E-state index contributed by atoms with van der Waals surface area (Å²) in [5.41, 5.74) is 2.11. The first-order chi connectivity index (χ1) is 17.7. The maximum atomic E-state index is 13.7. The van der Waals surface area contributed by atoms with Gasteiger partial charge in [-0.1, -0.05) is 36.4 Å². The van der Waals surface area contributed by atoms with Crippen LogP contribution < -0.4 is 0 Å². The molecular formula is C27H28F2N4O4. The number of hydrogen-bond acceptors (Lipinski definition) is 7. The lowest BCUT2D eigenvalue weighted by molar-refractivity contribution is -0.145. The molecule has 3 aromatic rings. The van der Waals surface area contributed by atoms with Crippen molar-refractivity contribution < 1.29 is 28.2 Å². The predicted molar refractivity (Wildman–Crippen MR) is 133 cm³/mol. The molecule has 0 saturated heterocycles. The predicted octanol–water partition coefficient (Wildman–Crippen LogP) is 4.32. The van der Waals surface area contributed by atoms with E-state index in [1.54, 1.807) is 31.2 Å². The van der Waals surface area contributed by atoms with E-state index < -0.39 is 35.9 Å². The van der Waals surface area contributed by atoms with Gasteiger partial charge in [-0.3, -0.25) is 9.59 Å². The smallest absolute Gasteiger partial charge is 0.313 e. The van der Waals surface area contributed by atoms with Gasteiger partial charge < -0.3 is 9.84 Å². The van der Waals surface area contributed by atoms with E-state index in [4.69, 9.17) is 4.74 Å². The molecule has 2 aromatic carbocycles. The van der Waals surface area contributed by atoms with Gasteiger partial charge in [-0.05, 0) is 61.4 Å². The van der Waals surface area contributed by atoms with E-state index in [1.165, 1.54) is 41.2 Å². The van der Waals surface area contributed by atoms with Gasteiger partial charge in [0.2, 0.25) is 5.82 Å². The van der Waals surface area contributed by atoms with Gasteiger partial charge in [-0.25, -0.2) is 8.78 Å². The standard InChI is InChI=1S/C27H28F2N4O4/c1-4-37-25(36)16-23(35)15-22(34)13-14-24(27-30-32-33(31-27)17(2)3)26(18-5-9-20(28)10-6-18)19-7-11-21(29)12-8-19/h5-14,17,22,34H,4,15-16H2,1-3H3. The summed E-state index contributed by atoms with van der Waals surface area (Å²) in [6, 6.07) is 11.3. The van der Waals surface area contributed by atoms with Crippen LogP contribution in [-0.2, 0) is 14.3 Å². The molecular weight excluding hydrogens is 482 g/mol. The van der Waals surface area contributed by atoms with Crippen LogP contribution in [0.3, 0.4) is 0 Å². The molecule has 8 nitrogen and oxygen atoms in total. The molecule has 0 fully saturated rings. The lowest BCUT2D eigenvalue weighted by Gasteiger charge is -2.13. The number of ether oxygens (including phenoxy) is 1. The second kappa shape index (κ2) is 12.8. The number of ketones is 1. The highest BCUT2D eigenvalue weighted by Gasteiger charge is 2.19. The Hall–Kier alpha value is -4.05. The first-order valence-corrected chi connectivity index (χ1v) is 11.8. The van der Waals surface area contributed by atoms with Gasteiger partial charge in [0.25, 0.3) is 0 Å². The van der Waals surface area contributed by atoms with Crippen LogP contribution in [0.2, 0.25) is 0 Å². The summed E-state index contributed by atoms with van der Waals surface area (Å²) in [7, 11) is 0. The number of aliphatic hydroxyl groups is 1. The number of benzene rings is 2. The average Bonchev–Trinajstić information content (AvgIpc) is 3.34. The Balaban J connectivity index is 2.09. The van der Waals surface area contributed by atoms with Crippen LogP contribution in [0.5, 0.6) is 0 Å². The number of aliphatic hydroxyl groups excluding tert-OH is 1. The van der Waals surface area contributed by atoms with E-state index in [2.05, 4.69) is 15.4 Å². The minimum Gasteiger partial charge on any atom is -0.466 e. The lowest BCUT2D eigenvalue weighted by atomic mass is 9.92. The number of tetrazole rings is 1. The molecule has 0 saturated carbocycles. The first kappa shape index (κ1) is 27.5. The second-order valence-electron chi connectivity index (χ2n) is 8.48. The van der Waals surface area contributed by atoms with Crippen molar-refractivity contribution in [2.75, 3.05) is 6.61 Å². The highest BCUT2D eigenvalue weighted by Crippen LogP contribution is 2.32. The molecule has 0 aliphatic heterocycles. The van der Waals surface area contributed by atoms with Crippen molar-refractivity contribution in [2.24, 2.45) is 0 Å². The number of rotatable bonds is 11. The fourth-order valence-electron chi connectivity index (χ4n) is 3.49. The van der Waals surface area contributed by atoms with Crippen molar-refractivity contribution in [3.63, 3.8) is 0 Å². The van der Waals surface area contributed by atoms with Crippen molar-refractivity contribution in [2.45, 2.75) is 45.8 Å². The van der Waals surface area contributed by atoms with E-state index in [0.29, 0.717) is 22.3 Å². The van der Waals surface area contributed by atoms with Crippen molar-refractivity contribution in [1.82, 2.24) is 20.2 Å². The Kier molecular flexibility index (Phi) is 9.51. The van der Waals surface area contributed by atoms with Gasteiger partial charge in [0, 0.05) is 17.6 Å². The molecule has 0 radical (unpaired) electrons. The topological polar surface area (TPSA) is 107 Å². The van der Waals surface area contributed by atoms with Gasteiger partial charge >= 0.3 is 5.97 Å². The Morgan fingerprint density at radius 2 is 1.59 bits per heavy atom. The molecule has 0 spiro atoms. The zero-order chi connectivity index (χ0) is 26.9. The molecule has 3 rings (SSSR count). The average molecular weight is 511 g/mol. The third kappa shape index (κ3) is 7.71. The number of hydrogen-bond donors (Lipinski definition) is 1. The molecule has 0 aliphatic carbocycles. The maximum Gasteiger partial charge on any atom is 0.313 e. The zero-order valence-electron chi connectivity index (χ0n) is 20.8. The van der Waals surface area contributed by atoms with Crippen LogP contribution in [0.4, 0.5) is 8.78 Å². The third-order valence-corrected chi connectivity index (χ3v) is 5.23. The van der Waals surface area contributed by atoms with Gasteiger partial charge in [-0.2, -0.15) is 4.80 Å². The number of nitrogens with zero attached hydrogens (tertiary/aromatic N) is 4. The minimum atomic E-state index is -1.22. The van der Waals surface area contributed by atoms with Crippen LogP contribution in [-0.4, -0.2) is 49.8 Å².